The number of methoxy groups -OCH3 is 1. The fourth-order valence-electron chi connectivity index (χ4n) is 2.89. The van der Waals surface area contributed by atoms with Crippen molar-refractivity contribution in [3.63, 3.8) is 0 Å². The van der Waals surface area contributed by atoms with Gasteiger partial charge in [0.15, 0.2) is 16.6 Å². The van der Waals surface area contributed by atoms with E-state index in [1.54, 1.807) is 12.1 Å². The van der Waals surface area contributed by atoms with Crippen molar-refractivity contribution >= 4 is 51.2 Å². The molecule has 0 spiro atoms. The largest absolute Gasteiger partial charge is 0.493 e. The molecule has 31 heavy (non-hydrogen) atoms. The second-order valence-electron chi connectivity index (χ2n) is 6.80. The van der Waals surface area contributed by atoms with Gasteiger partial charge in [-0.05, 0) is 83.0 Å². The normalized spacial score (nSPS) is 13.4. The topological polar surface area (TPSA) is 85.9 Å². The van der Waals surface area contributed by atoms with Crippen molar-refractivity contribution in [3.8, 4) is 17.2 Å². The monoisotopic (exact) mass is 504 g/mol. The predicted octanol–water partition coefficient (Wildman–Crippen LogP) is 3.45. The van der Waals surface area contributed by atoms with E-state index >= 15 is 0 Å². The van der Waals surface area contributed by atoms with E-state index in [9.17, 15) is 9.59 Å². The third-order valence-electron chi connectivity index (χ3n) is 4.44. The summed E-state index contributed by atoms with van der Waals surface area (Å²) in [6.07, 6.45) is 1.45. The van der Waals surface area contributed by atoms with Crippen LogP contribution in [0.3, 0.4) is 0 Å². The average Bonchev–Trinajstić information content (AvgIpc) is 2.71. The summed E-state index contributed by atoms with van der Waals surface area (Å²) in [5.74, 6) is 0.633. The number of rotatable bonds is 7. The van der Waals surface area contributed by atoms with Crippen molar-refractivity contribution in [1.82, 2.24) is 10.6 Å². The number of ether oxygens (including phenoxy) is 3. The highest BCUT2D eigenvalue weighted by atomic mass is 79.9. The van der Waals surface area contributed by atoms with Crippen molar-refractivity contribution in [2.45, 2.75) is 13.8 Å². The number of benzene rings is 2. The standard InChI is InChI=1S/C22H21BrN2O5S/c1-12-4-5-13(2)17(8-12)29-6-7-30-19-16(23)10-14(11-18(19)28-3)9-15-20(26)24-22(31)25-21(15)27/h4-5,8-11H,6-7H2,1-3H3,(H2,24,25,26,27,31). The molecular weight excluding hydrogens is 484 g/mol. The van der Waals surface area contributed by atoms with Gasteiger partial charge >= 0.3 is 0 Å². The molecule has 0 saturated carbocycles. The van der Waals surface area contributed by atoms with E-state index in [4.69, 9.17) is 26.4 Å². The second-order valence-corrected chi connectivity index (χ2v) is 8.06. The van der Waals surface area contributed by atoms with Crippen LogP contribution in [-0.4, -0.2) is 37.3 Å². The summed E-state index contributed by atoms with van der Waals surface area (Å²) in [6, 6.07) is 9.43. The van der Waals surface area contributed by atoms with Crippen LogP contribution < -0.4 is 24.8 Å². The lowest BCUT2D eigenvalue weighted by molar-refractivity contribution is -0.123. The maximum Gasteiger partial charge on any atom is 0.263 e. The highest BCUT2D eigenvalue weighted by molar-refractivity contribution is 9.10. The molecule has 1 aliphatic rings. The van der Waals surface area contributed by atoms with Crippen LogP contribution in [0.25, 0.3) is 6.08 Å². The van der Waals surface area contributed by atoms with Crippen molar-refractivity contribution in [3.05, 3.63) is 57.1 Å². The fraction of sp³-hybridized carbons (Fsp3) is 0.227. The van der Waals surface area contributed by atoms with Crippen molar-refractivity contribution in [2.24, 2.45) is 0 Å². The Morgan fingerprint density at radius 2 is 1.68 bits per heavy atom. The zero-order valence-corrected chi connectivity index (χ0v) is 19.6. The fourth-order valence-corrected chi connectivity index (χ4v) is 3.65. The SMILES string of the molecule is COc1cc(C=C2C(=O)NC(=S)NC2=O)cc(Br)c1OCCOc1cc(C)ccc1C. The summed E-state index contributed by atoms with van der Waals surface area (Å²) in [4.78, 5) is 24.1. The number of halogens is 1. The van der Waals surface area contributed by atoms with Crippen molar-refractivity contribution < 1.29 is 23.8 Å². The molecule has 1 fully saturated rings. The van der Waals surface area contributed by atoms with Crippen molar-refractivity contribution in [1.29, 1.82) is 0 Å². The number of hydrogen-bond acceptors (Lipinski definition) is 6. The molecule has 0 aromatic heterocycles. The molecule has 1 saturated heterocycles. The zero-order valence-electron chi connectivity index (χ0n) is 17.2. The lowest BCUT2D eigenvalue weighted by atomic mass is 10.1. The first-order valence-electron chi connectivity index (χ1n) is 9.37. The Bertz CT molecular complexity index is 1060. The molecule has 1 heterocycles. The molecule has 2 aromatic carbocycles. The van der Waals surface area contributed by atoms with Gasteiger partial charge in [0.2, 0.25) is 0 Å². The predicted molar refractivity (Wildman–Crippen MR) is 124 cm³/mol. The zero-order chi connectivity index (χ0) is 22.5. The first-order valence-corrected chi connectivity index (χ1v) is 10.6. The van der Waals surface area contributed by atoms with E-state index in [0.29, 0.717) is 34.7 Å². The average molecular weight is 505 g/mol. The van der Waals surface area contributed by atoms with E-state index in [1.165, 1.54) is 13.2 Å². The number of carbonyl (C=O) groups is 2. The Hall–Kier alpha value is -2.91. The maximum absolute atomic E-state index is 12.1. The lowest BCUT2D eigenvalue weighted by Crippen LogP contribution is -2.51. The Morgan fingerprint density at radius 3 is 2.35 bits per heavy atom. The quantitative estimate of drug-likeness (QED) is 0.260. The van der Waals surface area contributed by atoms with Gasteiger partial charge in [0, 0.05) is 0 Å². The minimum absolute atomic E-state index is 0.0160. The number of aryl methyl sites for hydroxylation is 2. The lowest BCUT2D eigenvalue weighted by Gasteiger charge is -2.17. The third kappa shape index (κ3) is 5.62. The molecule has 9 heteroatoms. The second kappa shape index (κ2) is 9.93. The van der Waals surface area contributed by atoms with Crippen LogP contribution in [0.2, 0.25) is 0 Å². The Morgan fingerprint density at radius 1 is 1.00 bits per heavy atom. The van der Waals surface area contributed by atoms with Crippen LogP contribution in [0, 0.1) is 13.8 Å². The van der Waals surface area contributed by atoms with Crippen LogP contribution in [0.1, 0.15) is 16.7 Å². The van der Waals surface area contributed by atoms with E-state index in [1.807, 2.05) is 32.0 Å². The molecule has 162 valence electrons. The Balaban J connectivity index is 1.71. The summed E-state index contributed by atoms with van der Waals surface area (Å²) < 4.78 is 17.7. The smallest absolute Gasteiger partial charge is 0.263 e. The molecule has 0 atom stereocenters. The van der Waals surface area contributed by atoms with Crippen molar-refractivity contribution in [2.75, 3.05) is 20.3 Å². The van der Waals surface area contributed by atoms with Gasteiger partial charge in [-0.25, -0.2) is 0 Å². The summed E-state index contributed by atoms with van der Waals surface area (Å²) >= 11 is 8.27. The molecule has 7 nitrogen and oxygen atoms in total. The van der Waals surface area contributed by atoms with E-state index in [-0.39, 0.29) is 10.7 Å². The van der Waals surface area contributed by atoms with Gasteiger partial charge in [0.1, 0.15) is 24.5 Å². The molecule has 0 bridgehead atoms. The molecule has 1 aliphatic heterocycles. The molecule has 3 rings (SSSR count). The summed E-state index contributed by atoms with van der Waals surface area (Å²) in [5.41, 5.74) is 2.70. The first-order chi connectivity index (χ1) is 14.8. The Kier molecular flexibility index (Phi) is 7.29. The summed E-state index contributed by atoms with van der Waals surface area (Å²) in [7, 11) is 1.51. The van der Waals surface area contributed by atoms with E-state index in [0.717, 1.165) is 16.9 Å². The molecule has 0 radical (unpaired) electrons. The molecule has 0 unspecified atom stereocenters. The number of thiocarbonyl (C=S) groups is 1. The summed E-state index contributed by atoms with van der Waals surface area (Å²) in [6.45, 7) is 4.65. The number of carbonyl (C=O) groups excluding carboxylic acids is 2. The molecule has 2 amide bonds. The molecular formula is C22H21BrN2O5S. The van der Waals surface area contributed by atoms with Crippen LogP contribution >= 0.6 is 28.1 Å². The van der Waals surface area contributed by atoms with Crippen LogP contribution in [0.5, 0.6) is 17.2 Å². The number of amides is 2. The third-order valence-corrected chi connectivity index (χ3v) is 5.23. The van der Waals surface area contributed by atoms with Gasteiger partial charge in [0.05, 0.1) is 11.6 Å². The van der Waals surface area contributed by atoms with Gasteiger partial charge in [-0.3, -0.25) is 20.2 Å². The van der Waals surface area contributed by atoms with Gasteiger partial charge in [-0.2, -0.15) is 0 Å². The molecule has 2 N–H and O–H groups in total. The maximum atomic E-state index is 12.1. The van der Waals surface area contributed by atoms with E-state index < -0.39 is 11.8 Å². The van der Waals surface area contributed by atoms with Crippen LogP contribution in [0.4, 0.5) is 0 Å². The highest BCUT2D eigenvalue weighted by Crippen LogP contribution is 2.37. The summed E-state index contributed by atoms with van der Waals surface area (Å²) in [5, 5.41) is 4.79. The van der Waals surface area contributed by atoms with Crippen LogP contribution in [0.15, 0.2) is 40.4 Å². The van der Waals surface area contributed by atoms with Gasteiger partial charge < -0.3 is 14.2 Å². The highest BCUT2D eigenvalue weighted by Gasteiger charge is 2.26. The minimum Gasteiger partial charge on any atom is -0.493 e. The number of nitrogens with one attached hydrogen (secondary N) is 2. The minimum atomic E-state index is -0.562. The van der Waals surface area contributed by atoms with E-state index in [2.05, 4.69) is 26.6 Å². The van der Waals surface area contributed by atoms with Crippen LogP contribution in [-0.2, 0) is 9.59 Å². The van der Waals surface area contributed by atoms with Gasteiger partial charge in [-0.15, -0.1) is 0 Å². The Labute approximate surface area is 193 Å². The first kappa shape index (κ1) is 22.8. The number of hydrogen-bond donors (Lipinski definition) is 2. The molecule has 0 aliphatic carbocycles. The molecule has 2 aromatic rings. The van der Waals surface area contributed by atoms with Gasteiger partial charge in [0.25, 0.3) is 11.8 Å². The van der Waals surface area contributed by atoms with Gasteiger partial charge in [-0.1, -0.05) is 12.1 Å².